The Morgan fingerprint density at radius 3 is 2.15 bits per heavy atom. The van der Waals surface area contributed by atoms with Crippen LogP contribution in [0.4, 0.5) is 18.9 Å². The topological polar surface area (TPSA) is 129 Å². The fourth-order valence-electron chi connectivity index (χ4n) is 2.72. The van der Waals surface area contributed by atoms with Crippen LogP contribution in [0.5, 0.6) is 0 Å². The fourth-order valence-corrected chi connectivity index (χ4v) is 3.52. The highest BCUT2D eigenvalue weighted by Crippen LogP contribution is 2.32. The van der Waals surface area contributed by atoms with Crippen LogP contribution in [0.25, 0.3) is 0 Å². The molecule has 0 aliphatic heterocycles. The van der Waals surface area contributed by atoms with Crippen molar-refractivity contribution >= 4 is 15.7 Å². The molecule has 4 N–H and O–H groups in total. The van der Waals surface area contributed by atoms with Gasteiger partial charge in [-0.2, -0.15) is 13.2 Å². The van der Waals surface area contributed by atoms with Gasteiger partial charge in [0.25, 0.3) is 5.69 Å². The molecule has 0 aromatic heterocycles. The van der Waals surface area contributed by atoms with Gasteiger partial charge in [-0.05, 0) is 42.7 Å². The molecule has 2 rings (SSSR count). The van der Waals surface area contributed by atoms with E-state index in [9.17, 15) is 31.7 Å². The molecule has 1 atom stereocenters. The summed E-state index contributed by atoms with van der Waals surface area (Å²) in [6.07, 6.45) is -4.65. The highest BCUT2D eigenvalue weighted by atomic mass is 32.2. The summed E-state index contributed by atoms with van der Waals surface area (Å²) in [5.74, 6) is 0. The summed E-state index contributed by atoms with van der Waals surface area (Å²) in [7, 11) is -4.11. The van der Waals surface area contributed by atoms with E-state index in [-0.39, 0.29) is 28.1 Å². The number of sulfonamides is 1. The number of benzene rings is 2. The van der Waals surface area contributed by atoms with Gasteiger partial charge in [-0.1, -0.05) is 12.1 Å². The van der Waals surface area contributed by atoms with Crippen molar-refractivity contribution in [2.75, 3.05) is 0 Å². The molecule has 0 radical (unpaired) electrons. The average molecular weight is 403 g/mol. The smallest absolute Gasteiger partial charge is 0.324 e. The summed E-state index contributed by atoms with van der Waals surface area (Å²) in [6.45, 7) is 1.36. The third-order valence-corrected chi connectivity index (χ3v) is 5.17. The second-order valence-corrected chi connectivity index (χ2v) is 7.45. The van der Waals surface area contributed by atoms with Gasteiger partial charge in [0, 0.05) is 17.7 Å². The monoisotopic (exact) mass is 403 g/mol. The Kier molecular flexibility index (Phi) is 5.59. The Morgan fingerprint density at radius 1 is 1.15 bits per heavy atom. The lowest BCUT2D eigenvalue weighted by Gasteiger charge is -2.16. The molecule has 0 heterocycles. The van der Waals surface area contributed by atoms with Gasteiger partial charge in [-0.25, -0.2) is 13.6 Å². The number of nitrogens with two attached hydrogens (primary N) is 2. The lowest BCUT2D eigenvalue weighted by Crippen LogP contribution is -2.18. The third-order valence-electron chi connectivity index (χ3n) is 4.12. The first-order chi connectivity index (χ1) is 12.3. The van der Waals surface area contributed by atoms with E-state index < -0.39 is 32.7 Å². The molecule has 0 aliphatic carbocycles. The minimum Gasteiger partial charge on any atom is -0.324 e. The number of hydrogen-bond acceptors (Lipinski definition) is 5. The van der Waals surface area contributed by atoms with Crippen molar-refractivity contribution in [1.82, 2.24) is 0 Å². The van der Waals surface area contributed by atoms with Crippen molar-refractivity contribution < 1.29 is 26.5 Å². The molecule has 27 heavy (non-hydrogen) atoms. The summed E-state index contributed by atoms with van der Waals surface area (Å²) in [5, 5.41) is 16.4. The van der Waals surface area contributed by atoms with Crippen LogP contribution in [-0.2, 0) is 22.6 Å². The van der Waals surface area contributed by atoms with Gasteiger partial charge in [0.2, 0.25) is 10.0 Å². The van der Waals surface area contributed by atoms with Crippen LogP contribution in [0, 0.1) is 17.0 Å². The van der Waals surface area contributed by atoms with E-state index in [4.69, 9.17) is 10.9 Å². The highest BCUT2D eigenvalue weighted by molar-refractivity contribution is 7.89. The third kappa shape index (κ3) is 4.62. The molecule has 2 aromatic carbocycles. The van der Waals surface area contributed by atoms with Crippen molar-refractivity contribution in [2.24, 2.45) is 10.9 Å². The van der Waals surface area contributed by atoms with Gasteiger partial charge >= 0.3 is 6.18 Å². The Balaban J connectivity index is 2.44. The molecule has 0 saturated heterocycles. The summed E-state index contributed by atoms with van der Waals surface area (Å²) in [4.78, 5) is 10.3. The number of hydrogen-bond donors (Lipinski definition) is 2. The van der Waals surface area contributed by atoms with E-state index in [0.717, 1.165) is 24.3 Å². The normalized spacial score (nSPS) is 13.4. The first-order valence-electron chi connectivity index (χ1n) is 7.54. The number of rotatable bonds is 5. The molecule has 0 unspecified atom stereocenters. The van der Waals surface area contributed by atoms with Crippen LogP contribution in [0.15, 0.2) is 41.3 Å². The molecule has 11 heteroatoms. The number of nitrogens with zero attached hydrogens (tertiary/aromatic N) is 1. The second-order valence-electron chi connectivity index (χ2n) is 5.92. The number of nitro groups is 1. The van der Waals surface area contributed by atoms with E-state index in [0.29, 0.717) is 5.56 Å². The van der Waals surface area contributed by atoms with Gasteiger partial charge in [0.05, 0.1) is 15.4 Å². The van der Waals surface area contributed by atoms with Crippen LogP contribution >= 0.6 is 0 Å². The minimum absolute atomic E-state index is 0.0546. The predicted octanol–water partition coefficient (Wildman–Crippen LogP) is 2.81. The Labute approximate surface area is 153 Å². The van der Waals surface area contributed by atoms with Crippen LogP contribution in [0.3, 0.4) is 0 Å². The predicted molar refractivity (Wildman–Crippen MR) is 91.3 cm³/mol. The maximum absolute atomic E-state index is 12.6. The van der Waals surface area contributed by atoms with Gasteiger partial charge in [-0.3, -0.25) is 10.1 Å². The summed E-state index contributed by atoms with van der Waals surface area (Å²) in [5.41, 5.74) is 5.25. The number of alkyl halides is 3. The largest absolute Gasteiger partial charge is 0.416 e. The van der Waals surface area contributed by atoms with E-state index in [1.165, 1.54) is 19.1 Å². The Bertz CT molecular complexity index is 974. The summed E-state index contributed by atoms with van der Waals surface area (Å²) >= 11 is 0. The molecule has 0 aliphatic rings. The molecule has 2 aromatic rings. The number of primary sulfonamides is 1. The van der Waals surface area contributed by atoms with E-state index in [1.807, 2.05) is 0 Å². The van der Waals surface area contributed by atoms with Gasteiger partial charge in [0.1, 0.15) is 0 Å². The van der Waals surface area contributed by atoms with E-state index >= 15 is 0 Å². The fraction of sp³-hybridized carbons (Fsp3) is 0.250. The molecule has 0 saturated carbocycles. The maximum Gasteiger partial charge on any atom is 0.416 e. The van der Waals surface area contributed by atoms with Crippen molar-refractivity contribution in [1.29, 1.82) is 0 Å². The van der Waals surface area contributed by atoms with Gasteiger partial charge in [-0.15, -0.1) is 0 Å². The lowest BCUT2D eigenvalue weighted by molar-refractivity contribution is -0.385. The molecule has 146 valence electrons. The standard InChI is InChI=1S/C16H16F3N3O4S/c1-9-12(14(22(23)24)6-7-15(9)27(21,25)26)8-13(20)10-2-4-11(5-3-10)16(17,18)19/h2-7,13H,8,20H2,1H3,(H2,21,25,26)/t13-/m0/s1. The van der Waals surface area contributed by atoms with Crippen LogP contribution < -0.4 is 10.9 Å². The van der Waals surface area contributed by atoms with Crippen LogP contribution in [-0.4, -0.2) is 13.3 Å². The SMILES string of the molecule is Cc1c(S(N)(=O)=O)ccc([N+](=O)[O-])c1C[C@H](N)c1ccc(C(F)(F)F)cc1. The first kappa shape index (κ1) is 20.8. The zero-order chi connectivity index (χ0) is 20.6. The van der Waals surface area contributed by atoms with Crippen LogP contribution in [0.1, 0.15) is 28.3 Å². The maximum atomic E-state index is 12.6. The van der Waals surface area contributed by atoms with Crippen molar-refractivity contribution in [3.05, 3.63) is 68.8 Å². The quantitative estimate of drug-likeness (QED) is 0.586. The molecule has 0 amide bonds. The molecule has 0 bridgehead atoms. The van der Waals surface area contributed by atoms with Crippen molar-refractivity contribution in [2.45, 2.75) is 30.5 Å². The van der Waals surface area contributed by atoms with Crippen LogP contribution in [0.2, 0.25) is 0 Å². The first-order valence-corrected chi connectivity index (χ1v) is 9.09. The summed E-state index contributed by atoms with van der Waals surface area (Å²) < 4.78 is 61.2. The number of nitro benzene ring substituents is 1. The Hall–Kier alpha value is -2.50. The lowest BCUT2D eigenvalue weighted by atomic mass is 9.95. The number of halogens is 3. The molecule has 0 spiro atoms. The van der Waals surface area contributed by atoms with Gasteiger partial charge in [0.15, 0.2) is 0 Å². The highest BCUT2D eigenvalue weighted by Gasteiger charge is 2.30. The second kappa shape index (κ2) is 7.25. The molecular weight excluding hydrogens is 387 g/mol. The molecular formula is C16H16F3N3O4S. The molecule has 7 nitrogen and oxygen atoms in total. The van der Waals surface area contributed by atoms with Gasteiger partial charge < -0.3 is 5.73 Å². The average Bonchev–Trinajstić information content (AvgIpc) is 2.54. The van der Waals surface area contributed by atoms with E-state index in [1.54, 1.807) is 0 Å². The van der Waals surface area contributed by atoms with Crippen molar-refractivity contribution in [3.63, 3.8) is 0 Å². The van der Waals surface area contributed by atoms with Crippen molar-refractivity contribution in [3.8, 4) is 0 Å². The summed E-state index contributed by atoms with van der Waals surface area (Å²) in [6, 6.07) is 5.24. The van der Waals surface area contributed by atoms with E-state index in [2.05, 4.69) is 0 Å². The zero-order valence-corrected chi connectivity index (χ0v) is 14.8. The Morgan fingerprint density at radius 2 is 1.70 bits per heavy atom. The molecule has 0 fully saturated rings. The minimum atomic E-state index is -4.50. The zero-order valence-electron chi connectivity index (χ0n) is 14.0.